The van der Waals surface area contributed by atoms with Crippen molar-refractivity contribution in [3.63, 3.8) is 0 Å². The monoisotopic (exact) mass is 549 g/mol. The standard InChI is InChI=1S/C30H39N5O5/c1-30(2,3)40-29(36)34-11-7-21(8-12-34)19-33-10-9-25(20-33)39-24-5-6-27-26(16-24)35(13-14-38-27)23-15-22(17-31)28(37-4)32-18-23/h5-6,15-16,18,21,25H,7-14,19-20H2,1-4H3. The number of fused-ring (bicyclic) bond motifs is 1. The van der Waals surface area contributed by atoms with E-state index in [-0.39, 0.29) is 12.2 Å². The van der Waals surface area contributed by atoms with E-state index < -0.39 is 5.60 Å². The molecule has 3 aliphatic heterocycles. The number of hydrogen-bond acceptors (Lipinski definition) is 9. The molecule has 0 spiro atoms. The first-order valence-corrected chi connectivity index (χ1v) is 14.1. The number of hydrogen-bond donors (Lipinski definition) is 0. The van der Waals surface area contributed by atoms with Gasteiger partial charge in [-0.15, -0.1) is 0 Å². The summed E-state index contributed by atoms with van der Waals surface area (Å²) < 4.78 is 23.1. The van der Waals surface area contributed by atoms with Gasteiger partial charge >= 0.3 is 6.09 Å². The molecule has 4 heterocycles. The summed E-state index contributed by atoms with van der Waals surface area (Å²) in [5, 5.41) is 9.51. The summed E-state index contributed by atoms with van der Waals surface area (Å²) in [4.78, 5) is 23.1. The van der Waals surface area contributed by atoms with E-state index in [1.54, 1.807) is 12.3 Å². The van der Waals surface area contributed by atoms with Crippen LogP contribution >= 0.6 is 0 Å². The average molecular weight is 550 g/mol. The van der Waals surface area contributed by atoms with Crippen molar-refractivity contribution >= 4 is 17.5 Å². The van der Waals surface area contributed by atoms with Crippen molar-refractivity contribution in [1.29, 1.82) is 5.26 Å². The number of amides is 1. The van der Waals surface area contributed by atoms with E-state index in [0.717, 1.165) is 74.9 Å². The Balaban J connectivity index is 1.16. The maximum absolute atomic E-state index is 12.4. The second kappa shape index (κ2) is 11.8. The number of benzene rings is 1. The minimum atomic E-state index is -0.463. The molecule has 1 unspecified atom stereocenters. The van der Waals surface area contributed by atoms with E-state index in [0.29, 0.717) is 30.5 Å². The van der Waals surface area contributed by atoms with Gasteiger partial charge in [0.15, 0.2) is 0 Å². The summed E-state index contributed by atoms with van der Waals surface area (Å²) >= 11 is 0. The van der Waals surface area contributed by atoms with Gasteiger partial charge in [-0.3, -0.25) is 4.90 Å². The van der Waals surface area contributed by atoms with Gasteiger partial charge in [-0.1, -0.05) is 0 Å². The van der Waals surface area contributed by atoms with Gasteiger partial charge in [0, 0.05) is 38.8 Å². The molecule has 0 radical (unpaired) electrons. The fraction of sp³-hybridized carbons (Fsp3) is 0.567. The van der Waals surface area contributed by atoms with Crippen molar-refractivity contribution in [2.24, 2.45) is 5.92 Å². The summed E-state index contributed by atoms with van der Waals surface area (Å²) in [6.45, 7) is 11.3. The Morgan fingerprint density at radius 2 is 1.95 bits per heavy atom. The van der Waals surface area contributed by atoms with Crippen LogP contribution in [0.1, 0.15) is 45.6 Å². The van der Waals surface area contributed by atoms with Crippen molar-refractivity contribution in [2.45, 2.75) is 51.7 Å². The fourth-order valence-electron chi connectivity index (χ4n) is 5.61. The highest BCUT2D eigenvalue weighted by molar-refractivity contribution is 5.72. The van der Waals surface area contributed by atoms with E-state index in [9.17, 15) is 10.1 Å². The zero-order valence-electron chi connectivity index (χ0n) is 23.9. The second-order valence-electron chi connectivity index (χ2n) is 11.7. The molecule has 2 saturated heterocycles. The lowest BCUT2D eigenvalue weighted by molar-refractivity contribution is 0.0172. The largest absolute Gasteiger partial charge is 0.490 e. The Morgan fingerprint density at radius 1 is 1.15 bits per heavy atom. The molecule has 1 aromatic heterocycles. The van der Waals surface area contributed by atoms with Crippen molar-refractivity contribution in [1.82, 2.24) is 14.8 Å². The molecular weight excluding hydrogens is 510 g/mol. The fourth-order valence-corrected chi connectivity index (χ4v) is 5.61. The lowest BCUT2D eigenvalue weighted by Crippen LogP contribution is -2.43. The number of anilines is 2. The van der Waals surface area contributed by atoms with E-state index in [1.165, 1.54) is 7.11 Å². The van der Waals surface area contributed by atoms with Crippen molar-refractivity contribution in [3.05, 3.63) is 36.0 Å². The predicted molar refractivity (Wildman–Crippen MR) is 150 cm³/mol. The quantitative estimate of drug-likeness (QED) is 0.512. The van der Waals surface area contributed by atoms with Gasteiger partial charge < -0.3 is 28.7 Å². The number of nitriles is 1. The van der Waals surface area contributed by atoms with Crippen LogP contribution in [0.5, 0.6) is 17.4 Å². The number of pyridine rings is 1. The van der Waals surface area contributed by atoms with Gasteiger partial charge in [0.2, 0.25) is 5.88 Å². The number of likely N-dealkylation sites (tertiary alicyclic amines) is 2. The van der Waals surface area contributed by atoms with Gasteiger partial charge in [0.1, 0.15) is 41.4 Å². The summed E-state index contributed by atoms with van der Waals surface area (Å²) in [6, 6.07) is 9.88. The second-order valence-corrected chi connectivity index (χ2v) is 11.7. The SMILES string of the molecule is COc1ncc(N2CCOc3ccc(OC4CCN(CC5CCN(C(=O)OC(C)(C)C)CC5)C4)cc32)cc1C#N. The van der Waals surface area contributed by atoms with Crippen molar-refractivity contribution < 1.29 is 23.7 Å². The Bertz CT molecular complexity index is 1250. The van der Waals surface area contributed by atoms with Crippen LogP contribution in [0.25, 0.3) is 0 Å². The number of carbonyl (C=O) groups is 1. The van der Waals surface area contributed by atoms with E-state index in [4.69, 9.17) is 18.9 Å². The molecule has 0 saturated carbocycles. The van der Waals surface area contributed by atoms with Crippen molar-refractivity contribution in [3.8, 4) is 23.4 Å². The topological polar surface area (TPSA) is 100 Å². The van der Waals surface area contributed by atoms with Crippen LogP contribution < -0.4 is 19.1 Å². The number of ether oxygens (including phenoxy) is 4. The zero-order valence-corrected chi connectivity index (χ0v) is 23.9. The molecular formula is C30H39N5O5. The van der Waals surface area contributed by atoms with Gasteiger partial charge in [0.25, 0.3) is 0 Å². The Labute approximate surface area is 236 Å². The summed E-state index contributed by atoms with van der Waals surface area (Å²) in [6.07, 6.45) is 4.59. The molecule has 214 valence electrons. The van der Waals surface area contributed by atoms with Crippen LogP contribution in [0.15, 0.2) is 30.5 Å². The van der Waals surface area contributed by atoms with E-state index >= 15 is 0 Å². The third kappa shape index (κ3) is 6.53. The minimum Gasteiger partial charge on any atom is -0.490 e. The van der Waals surface area contributed by atoms with Crippen LogP contribution in [-0.2, 0) is 4.74 Å². The predicted octanol–water partition coefficient (Wildman–Crippen LogP) is 4.59. The smallest absolute Gasteiger partial charge is 0.410 e. The molecule has 5 rings (SSSR count). The summed E-state index contributed by atoms with van der Waals surface area (Å²) in [5.41, 5.74) is 1.63. The third-order valence-corrected chi connectivity index (χ3v) is 7.57. The Morgan fingerprint density at radius 3 is 2.67 bits per heavy atom. The van der Waals surface area contributed by atoms with Crippen LogP contribution in [0.3, 0.4) is 0 Å². The minimum absolute atomic E-state index is 0.116. The molecule has 0 bridgehead atoms. The summed E-state index contributed by atoms with van der Waals surface area (Å²) in [5.74, 6) is 2.46. The lowest BCUT2D eigenvalue weighted by Gasteiger charge is -2.34. The van der Waals surface area contributed by atoms with Gasteiger partial charge in [-0.2, -0.15) is 5.26 Å². The molecule has 2 aromatic rings. The molecule has 3 aliphatic rings. The number of methoxy groups -OCH3 is 1. The first-order valence-electron chi connectivity index (χ1n) is 14.1. The maximum Gasteiger partial charge on any atom is 0.410 e. The molecule has 40 heavy (non-hydrogen) atoms. The van der Waals surface area contributed by atoms with Crippen LogP contribution in [0.2, 0.25) is 0 Å². The highest BCUT2D eigenvalue weighted by Gasteiger charge is 2.31. The zero-order chi connectivity index (χ0) is 28.3. The number of nitrogens with zero attached hydrogens (tertiary/aromatic N) is 5. The van der Waals surface area contributed by atoms with E-state index in [1.807, 2.05) is 43.9 Å². The average Bonchev–Trinajstić information content (AvgIpc) is 3.38. The van der Waals surface area contributed by atoms with Crippen molar-refractivity contribution in [2.75, 3.05) is 57.9 Å². The molecule has 2 fully saturated rings. The molecule has 0 N–H and O–H groups in total. The van der Waals surface area contributed by atoms with Crippen LogP contribution in [0, 0.1) is 17.2 Å². The molecule has 1 amide bonds. The number of carbonyl (C=O) groups excluding carboxylic acids is 1. The van der Waals surface area contributed by atoms with Crippen LogP contribution in [-0.4, -0.2) is 85.6 Å². The molecule has 1 aromatic carbocycles. The molecule has 10 nitrogen and oxygen atoms in total. The highest BCUT2D eigenvalue weighted by Crippen LogP contribution is 2.40. The van der Waals surface area contributed by atoms with Gasteiger partial charge in [-0.05, 0) is 64.2 Å². The Hall–Kier alpha value is -3.71. The summed E-state index contributed by atoms with van der Waals surface area (Å²) in [7, 11) is 1.51. The third-order valence-electron chi connectivity index (χ3n) is 7.57. The molecule has 1 atom stereocenters. The number of rotatable bonds is 6. The van der Waals surface area contributed by atoms with Gasteiger partial charge in [-0.25, -0.2) is 9.78 Å². The van der Waals surface area contributed by atoms with Crippen LogP contribution in [0.4, 0.5) is 16.2 Å². The first-order chi connectivity index (χ1) is 19.2. The molecule has 10 heteroatoms. The first kappa shape index (κ1) is 27.8. The normalized spacial score (nSPS) is 19.9. The number of piperidine rings is 1. The lowest BCUT2D eigenvalue weighted by atomic mass is 9.96. The number of aromatic nitrogens is 1. The van der Waals surface area contributed by atoms with E-state index in [2.05, 4.69) is 20.9 Å². The van der Waals surface area contributed by atoms with Gasteiger partial charge in [0.05, 0.1) is 31.2 Å². The molecule has 0 aliphatic carbocycles. The maximum atomic E-state index is 12.4. The highest BCUT2D eigenvalue weighted by atomic mass is 16.6. The Kier molecular flexibility index (Phi) is 8.22.